The van der Waals surface area contributed by atoms with Gasteiger partial charge in [0.25, 0.3) is 0 Å². The Labute approximate surface area is 126 Å². The average Bonchev–Trinajstić information content (AvgIpc) is 2.53. The maximum absolute atomic E-state index is 12.1. The number of amides is 1. The fourth-order valence-electron chi connectivity index (χ4n) is 2.16. The molecule has 3 heteroatoms. The highest BCUT2D eigenvalue weighted by Gasteiger charge is 2.09. The topological polar surface area (TPSA) is 32.3 Å². The SMILES string of the molecule is CCN(CC(=O)NCc1ccc(C)cc1)c1ccccc1. The Morgan fingerprint density at radius 2 is 1.71 bits per heavy atom. The lowest BCUT2D eigenvalue weighted by molar-refractivity contribution is -0.119. The molecule has 0 atom stereocenters. The van der Waals surface area contributed by atoms with Gasteiger partial charge in [-0.2, -0.15) is 0 Å². The number of nitrogens with zero attached hydrogens (tertiary/aromatic N) is 1. The minimum atomic E-state index is 0.0429. The van der Waals surface area contributed by atoms with Crippen LogP contribution in [0.15, 0.2) is 54.6 Å². The van der Waals surface area contributed by atoms with Crippen LogP contribution in [0.25, 0.3) is 0 Å². The Balaban J connectivity index is 1.87. The predicted molar refractivity (Wildman–Crippen MR) is 87.4 cm³/mol. The van der Waals surface area contributed by atoms with Crippen LogP contribution in [0.2, 0.25) is 0 Å². The van der Waals surface area contributed by atoms with Gasteiger partial charge < -0.3 is 10.2 Å². The molecule has 0 unspecified atom stereocenters. The maximum atomic E-state index is 12.1. The number of benzene rings is 2. The molecule has 0 heterocycles. The molecule has 1 N–H and O–H groups in total. The van der Waals surface area contributed by atoms with Gasteiger partial charge in [-0.25, -0.2) is 0 Å². The molecule has 0 bridgehead atoms. The first kappa shape index (κ1) is 15.1. The van der Waals surface area contributed by atoms with Crippen LogP contribution in [0.1, 0.15) is 18.1 Å². The molecule has 1 amide bonds. The molecule has 110 valence electrons. The molecule has 0 aliphatic heterocycles. The third-order valence-corrected chi connectivity index (χ3v) is 3.45. The molecule has 0 aliphatic rings. The Hall–Kier alpha value is -2.29. The zero-order valence-corrected chi connectivity index (χ0v) is 12.7. The summed E-state index contributed by atoms with van der Waals surface area (Å²) < 4.78 is 0. The molecule has 0 aromatic heterocycles. The summed E-state index contributed by atoms with van der Waals surface area (Å²) in [5.74, 6) is 0.0429. The van der Waals surface area contributed by atoms with Gasteiger partial charge in [0.1, 0.15) is 0 Å². The van der Waals surface area contributed by atoms with Crippen molar-refractivity contribution in [2.24, 2.45) is 0 Å². The van der Waals surface area contributed by atoms with Gasteiger partial charge in [-0.15, -0.1) is 0 Å². The number of likely N-dealkylation sites (N-methyl/N-ethyl adjacent to an activating group) is 1. The lowest BCUT2D eigenvalue weighted by Crippen LogP contribution is -2.36. The van der Waals surface area contributed by atoms with Gasteiger partial charge in [-0.3, -0.25) is 4.79 Å². The number of hydrogen-bond acceptors (Lipinski definition) is 2. The fourth-order valence-corrected chi connectivity index (χ4v) is 2.16. The van der Waals surface area contributed by atoms with Crippen LogP contribution in [0, 0.1) is 6.92 Å². The Bertz CT molecular complexity index is 564. The number of anilines is 1. The number of carbonyl (C=O) groups is 1. The van der Waals surface area contributed by atoms with Gasteiger partial charge in [0, 0.05) is 18.8 Å². The van der Waals surface area contributed by atoms with Crippen LogP contribution in [0.4, 0.5) is 5.69 Å². The number of hydrogen-bond donors (Lipinski definition) is 1. The molecule has 2 rings (SSSR count). The summed E-state index contributed by atoms with van der Waals surface area (Å²) in [6.07, 6.45) is 0. The molecule has 0 aliphatic carbocycles. The number of rotatable bonds is 6. The summed E-state index contributed by atoms with van der Waals surface area (Å²) in [4.78, 5) is 14.1. The van der Waals surface area contributed by atoms with Crippen molar-refractivity contribution in [3.8, 4) is 0 Å². The molecule has 0 spiro atoms. The van der Waals surface area contributed by atoms with E-state index >= 15 is 0 Å². The molecule has 21 heavy (non-hydrogen) atoms. The number of nitrogens with one attached hydrogen (secondary N) is 1. The summed E-state index contributed by atoms with van der Waals surface area (Å²) in [6, 6.07) is 18.2. The molecular formula is C18H22N2O. The lowest BCUT2D eigenvalue weighted by atomic mass is 10.1. The molecule has 2 aromatic rings. The quantitative estimate of drug-likeness (QED) is 0.883. The highest BCUT2D eigenvalue weighted by Crippen LogP contribution is 2.12. The minimum absolute atomic E-state index is 0.0429. The number of carbonyl (C=O) groups excluding carboxylic acids is 1. The van der Waals surface area contributed by atoms with Gasteiger partial charge in [-0.1, -0.05) is 48.0 Å². The summed E-state index contributed by atoms with van der Waals surface area (Å²) >= 11 is 0. The second-order valence-electron chi connectivity index (χ2n) is 5.11. The molecule has 0 saturated heterocycles. The fraction of sp³-hybridized carbons (Fsp3) is 0.278. The summed E-state index contributed by atoms with van der Waals surface area (Å²) in [5.41, 5.74) is 3.42. The molecule has 0 saturated carbocycles. The Kier molecular flexibility index (Phi) is 5.38. The van der Waals surface area contributed by atoms with E-state index in [9.17, 15) is 4.79 Å². The predicted octanol–water partition coefficient (Wildman–Crippen LogP) is 3.14. The van der Waals surface area contributed by atoms with E-state index in [0.29, 0.717) is 13.1 Å². The van der Waals surface area contributed by atoms with E-state index in [1.807, 2.05) is 42.5 Å². The highest BCUT2D eigenvalue weighted by atomic mass is 16.2. The smallest absolute Gasteiger partial charge is 0.239 e. The first-order valence-electron chi connectivity index (χ1n) is 7.31. The van der Waals surface area contributed by atoms with Crippen LogP contribution in [0.5, 0.6) is 0 Å². The summed E-state index contributed by atoms with van der Waals surface area (Å²) in [7, 11) is 0. The van der Waals surface area contributed by atoms with Crippen molar-refractivity contribution in [1.82, 2.24) is 5.32 Å². The van der Waals surface area contributed by atoms with E-state index in [4.69, 9.17) is 0 Å². The van der Waals surface area contributed by atoms with Crippen molar-refractivity contribution in [3.63, 3.8) is 0 Å². The van der Waals surface area contributed by atoms with Crippen molar-refractivity contribution < 1.29 is 4.79 Å². The maximum Gasteiger partial charge on any atom is 0.239 e. The van der Waals surface area contributed by atoms with E-state index in [-0.39, 0.29) is 5.91 Å². The lowest BCUT2D eigenvalue weighted by Gasteiger charge is -2.22. The van der Waals surface area contributed by atoms with Crippen LogP contribution < -0.4 is 10.2 Å². The third-order valence-electron chi connectivity index (χ3n) is 3.45. The second-order valence-corrected chi connectivity index (χ2v) is 5.11. The average molecular weight is 282 g/mol. The van der Waals surface area contributed by atoms with Crippen molar-refractivity contribution in [1.29, 1.82) is 0 Å². The Morgan fingerprint density at radius 1 is 1.05 bits per heavy atom. The highest BCUT2D eigenvalue weighted by molar-refractivity contribution is 5.81. The van der Waals surface area contributed by atoms with Crippen LogP contribution >= 0.6 is 0 Å². The monoisotopic (exact) mass is 282 g/mol. The summed E-state index contributed by atoms with van der Waals surface area (Å²) in [5, 5.41) is 2.97. The van der Waals surface area contributed by atoms with Gasteiger partial charge in [-0.05, 0) is 31.5 Å². The zero-order valence-electron chi connectivity index (χ0n) is 12.7. The van der Waals surface area contributed by atoms with Crippen LogP contribution in [0.3, 0.4) is 0 Å². The molecular weight excluding hydrogens is 260 g/mol. The molecule has 2 aromatic carbocycles. The van der Waals surface area contributed by atoms with Gasteiger partial charge in [0.15, 0.2) is 0 Å². The minimum Gasteiger partial charge on any atom is -0.363 e. The molecule has 3 nitrogen and oxygen atoms in total. The first-order chi connectivity index (χ1) is 10.2. The van der Waals surface area contributed by atoms with Crippen LogP contribution in [-0.4, -0.2) is 19.0 Å². The number of para-hydroxylation sites is 1. The van der Waals surface area contributed by atoms with Gasteiger partial charge in [0.2, 0.25) is 5.91 Å². The third kappa shape index (κ3) is 4.63. The van der Waals surface area contributed by atoms with E-state index in [1.165, 1.54) is 5.56 Å². The molecule has 0 radical (unpaired) electrons. The van der Waals surface area contributed by atoms with E-state index in [0.717, 1.165) is 17.8 Å². The zero-order chi connectivity index (χ0) is 15.1. The van der Waals surface area contributed by atoms with Gasteiger partial charge in [0.05, 0.1) is 6.54 Å². The second kappa shape index (κ2) is 7.48. The van der Waals surface area contributed by atoms with E-state index in [2.05, 4.69) is 36.2 Å². The van der Waals surface area contributed by atoms with Crippen molar-refractivity contribution in [2.75, 3.05) is 18.0 Å². The normalized spacial score (nSPS) is 10.2. The Morgan fingerprint density at radius 3 is 2.33 bits per heavy atom. The summed E-state index contributed by atoms with van der Waals surface area (Å²) in [6.45, 7) is 5.88. The van der Waals surface area contributed by atoms with Crippen molar-refractivity contribution in [2.45, 2.75) is 20.4 Å². The first-order valence-corrected chi connectivity index (χ1v) is 7.31. The standard InChI is InChI=1S/C18H22N2O/c1-3-20(17-7-5-4-6-8-17)14-18(21)19-13-16-11-9-15(2)10-12-16/h4-12H,3,13-14H2,1-2H3,(H,19,21). The van der Waals surface area contributed by atoms with Crippen LogP contribution in [-0.2, 0) is 11.3 Å². The van der Waals surface area contributed by atoms with Gasteiger partial charge >= 0.3 is 0 Å². The van der Waals surface area contributed by atoms with Crippen molar-refractivity contribution >= 4 is 11.6 Å². The van der Waals surface area contributed by atoms with Crippen molar-refractivity contribution in [3.05, 3.63) is 65.7 Å². The number of aryl methyl sites for hydroxylation is 1. The van der Waals surface area contributed by atoms with E-state index < -0.39 is 0 Å². The van der Waals surface area contributed by atoms with E-state index in [1.54, 1.807) is 0 Å². The largest absolute Gasteiger partial charge is 0.363 e. The molecule has 0 fully saturated rings.